The van der Waals surface area contributed by atoms with E-state index in [1.54, 1.807) is 6.92 Å². The van der Waals surface area contributed by atoms with Crippen LogP contribution in [-0.2, 0) is 21.2 Å². The van der Waals surface area contributed by atoms with E-state index in [2.05, 4.69) is 5.32 Å². The number of aromatic hydroxyl groups is 1. The van der Waals surface area contributed by atoms with E-state index in [0.29, 0.717) is 6.54 Å². The maximum Gasteiger partial charge on any atom is 0.230 e. The summed E-state index contributed by atoms with van der Waals surface area (Å²) in [5.41, 5.74) is 1.23. The van der Waals surface area contributed by atoms with E-state index in [1.807, 2.05) is 36.0 Å². The van der Waals surface area contributed by atoms with Gasteiger partial charge in [0.15, 0.2) is 28.8 Å². The first-order chi connectivity index (χ1) is 11.3. The van der Waals surface area contributed by atoms with Crippen molar-refractivity contribution in [2.24, 2.45) is 0 Å². The Hall–Kier alpha value is -1.93. The predicted molar refractivity (Wildman–Crippen MR) is 90.5 cm³/mol. The summed E-state index contributed by atoms with van der Waals surface area (Å²) in [6.45, 7) is 4.01. The number of anilines is 1. The number of nitrogens with zero attached hydrogens (tertiary/aromatic N) is 1. The van der Waals surface area contributed by atoms with Crippen molar-refractivity contribution in [1.29, 1.82) is 0 Å². The van der Waals surface area contributed by atoms with E-state index in [4.69, 9.17) is 0 Å². The maximum atomic E-state index is 12.1. The molecule has 136 valence electrons. The average molecular weight is 429 g/mol. The lowest BCUT2D eigenvalue weighted by Crippen LogP contribution is -3.00. The Morgan fingerprint density at radius 1 is 1.20 bits per heavy atom. The maximum absolute atomic E-state index is 12.1. The van der Waals surface area contributed by atoms with Gasteiger partial charge in [-0.3, -0.25) is 4.79 Å². The SMILES string of the molecule is CCS(=O)(=O)c1ccc(O)c(NC(=O)CC[n+]2ccc(C)cc2)c1.[Br-]. The number of pyridine rings is 1. The first kappa shape index (κ1) is 21.1. The number of rotatable bonds is 6. The van der Waals surface area contributed by atoms with Crippen molar-refractivity contribution < 1.29 is 39.9 Å². The van der Waals surface area contributed by atoms with Gasteiger partial charge in [0, 0.05) is 12.1 Å². The van der Waals surface area contributed by atoms with Crippen LogP contribution in [0.2, 0.25) is 0 Å². The normalized spacial score (nSPS) is 10.8. The van der Waals surface area contributed by atoms with E-state index in [0.717, 1.165) is 5.56 Å². The second kappa shape index (κ2) is 8.96. The van der Waals surface area contributed by atoms with Gasteiger partial charge in [0.25, 0.3) is 0 Å². The average Bonchev–Trinajstić information content (AvgIpc) is 2.56. The quantitative estimate of drug-likeness (QED) is 0.447. The van der Waals surface area contributed by atoms with Crippen molar-refractivity contribution in [2.75, 3.05) is 11.1 Å². The standard InChI is InChI=1S/C17H20N2O4S.BrH/c1-3-24(22,23)14-4-5-16(20)15(12-14)18-17(21)8-11-19-9-6-13(2)7-10-19;/h4-7,9-10,12H,3,8,11H2,1-2H3,(H-,18,20,21);1H. The lowest BCUT2D eigenvalue weighted by Gasteiger charge is -2.09. The van der Waals surface area contributed by atoms with Crippen molar-refractivity contribution in [3.63, 3.8) is 0 Å². The van der Waals surface area contributed by atoms with E-state index in [9.17, 15) is 18.3 Å². The molecule has 0 aliphatic carbocycles. The zero-order chi connectivity index (χ0) is 17.7. The fourth-order valence-electron chi connectivity index (χ4n) is 2.10. The van der Waals surface area contributed by atoms with Gasteiger partial charge < -0.3 is 27.4 Å². The van der Waals surface area contributed by atoms with Gasteiger partial charge >= 0.3 is 0 Å². The number of carbonyl (C=O) groups is 1. The summed E-state index contributed by atoms with van der Waals surface area (Å²) in [5.74, 6) is -0.513. The number of nitrogens with one attached hydrogen (secondary N) is 1. The summed E-state index contributed by atoms with van der Waals surface area (Å²) >= 11 is 0. The number of phenols is 1. The minimum atomic E-state index is -3.40. The number of phenolic OH excluding ortho intramolecular Hbond substituents is 1. The van der Waals surface area contributed by atoms with Crippen LogP contribution in [0.1, 0.15) is 18.9 Å². The van der Waals surface area contributed by atoms with Crippen LogP contribution in [0.4, 0.5) is 5.69 Å². The number of amides is 1. The molecule has 0 fully saturated rings. The highest BCUT2D eigenvalue weighted by Crippen LogP contribution is 2.27. The first-order valence-corrected chi connectivity index (χ1v) is 9.28. The summed E-state index contributed by atoms with van der Waals surface area (Å²) < 4.78 is 25.7. The van der Waals surface area contributed by atoms with Gasteiger partial charge in [0.05, 0.1) is 22.8 Å². The fourth-order valence-corrected chi connectivity index (χ4v) is 3.01. The van der Waals surface area contributed by atoms with Crippen LogP contribution in [0.25, 0.3) is 0 Å². The lowest BCUT2D eigenvalue weighted by atomic mass is 10.2. The lowest BCUT2D eigenvalue weighted by molar-refractivity contribution is -0.695. The molecule has 0 bridgehead atoms. The van der Waals surface area contributed by atoms with Crippen molar-refractivity contribution in [3.8, 4) is 5.75 Å². The Morgan fingerprint density at radius 3 is 2.44 bits per heavy atom. The van der Waals surface area contributed by atoms with Crippen molar-refractivity contribution in [2.45, 2.75) is 31.7 Å². The van der Waals surface area contributed by atoms with Crippen molar-refractivity contribution in [3.05, 3.63) is 48.3 Å². The van der Waals surface area contributed by atoms with Gasteiger partial charge in [-0.2, -0.15) is 0 Å². The molecular formula is C17H21BrN2O4S. The third-order valence-corrected chi connectivity index (χ3v) is 5.37. The van der Waals surface area contributed by atoms with E-state index in [1.165, 1.54) is 18.2 Å². The number of halogens is 1. The molecule has 0 unspecified atom stereocenters. The van der Waals surface area contributed by atoms with E-state index >= 15 is 0 Å². The van der Waals surface area contributed by atoms with Crippen molar-refractivity contribution in [1.82, 2.24) is 0 Å². The van der Waals surface area contributed by atoms with E-state index in [-0.39, 0.29) is 51.4 Å². The molecule has 1 aromatic carbocycles. The van der Waals surface area contributed by atoms with Crippen LogP contribution in [0.15, 0.2) is 47.6 Å². The summed E-state index contributed by atoms with van der Waals surface area (Å²) in [4.78, 5) is 12.1. The van der Waals surface area contributed by atoms with Crippen LogP contribution < -0.4 is 26.9 Å². The van der Waals surface area contributed by atoms with Gasteiger partial charge in [0.2, 0.25) is 5.91 Å². The van der Waals surface area contributed by atoms with Gasteiger partial charge in [-0.05, 0) is 30.7 Å². The predicted octanol–water partition coefficient (Wildman–Crippen LogP) is -1.19. The molecule has 0 aliphatic heterocycles. The Morgan fingerprint density at radius 2 is 1.84 bits per heavy atom. The van der Waals surface area contributed by atoms with Crippen LogP contribution in [0.3, 0.4) is 0 Å². The molecule has 0 saturated carbocycles. The van der Waals surface area contributed by atoms with Gasteiger partial charge in [-0.25, -0.2) is 13.0 Å². The van der Waals surface area contributed by atoms with Gasteiger partial charge in [-0.15, -0.1) is 0 Å². The topological polar surface area (TPSA) is 87.3 Å². The largest absolute Gasteiger partial charge is 1.00 e. The summed E-state index contributed by atoms with van der Waals surface area (Å²) in [5, 5.41) is 12.4. The molecule has 2 aromatic rings. The zero-order valence-corrected chi connectivity index (χ0v) is 16.5. The summed E-state index contributed by atoms with van der Waals surface area (Å²) in [6.07, 6.45) is 3.97. The summed E-state index contributed by atoms with van der Waals surface area (Å²) in [7, 11) is -3.40. The summed E-state index contributed by atoms with van der Waals surface area (Å²) in [6, 6.07) is 7.77. The molecule has 0 radical (unpaired) electrons. The molecule has 1 heterocycles. The Bertz CT molecular complexity index is 836. The molecule has 0 aliphatic rings. The minimum Gasteiger partial charge on any atom is -1.00 e. The highest BCUT2D eigenvalue weighted by molar-refractivity contribution is 7.91. The number of sulfone groups is 1. The molecule has 25 heavy (non-hydrogen) atoms. The minimum absolute atomic E-state index is 0. The second-order valence-corrected chi connectivity index (χ2v) is 7.77. The van der Waals surface area contributed by atoms with Crippen molar-refractivity contribution >= 4 is 21.4 Å². The third kappa shape index (κ3) is 5.82. The third-order valence-electron chi connectivity index (χ3n) is 3.64. The molecule has 2 rings (SSSR count). The van der Waals surface area contributed by atoms with Gasteiger partial charge in [-0.1, -0.05) is 6.92 Å². The number of hydrogen-bond acceptors (Lipinski definition) is 4. The Labute approximate surface area is 158 Å². The molecule has 2 N–H and O–H groups in total. The highest BCUT2D eigenvalue weighted by Gasteiger charge is 2.15. The number of carbonyl (C=O) groups excluding carboxylic acids is 1. The van der Waals surface area contributed by atoms with Gasteiger partial charge in [0.1, 0.15) is 5.75 Å². The molecule has 6 nitrogen and oxygen atoms in total. The van der Waals surface area contributed by atoms with Crippen LogP contribution in [0.5, 0.6) is 5.75 Å². The molecule has 1 aromatic heterocycles. The molecule has 1 amide bonds. The zero-order valence-electron chi connectivity index (χ0n) is 14.1. The molecule has 0 spiro atoms. The molecule has 0 atom stereocenters. The van der Waals surface area contributed by atoms with Crippen LogP contribution in [0, 0.1) is 6.92 Å². The number of hydrogen-bond donors (Lipinski definition) is 2. The fraction of sp³-hybridized carbons (Fsp3) is 0.294. The van der Waals surface area contributed by atoms with E-state index < -0.39 is 9.84 Å². The highest BCUT2D eigenvalue weighted by atomic mass is 79.9. The molecular weight excluding hydrogens is 408 g/mol. The van der Waals surface area contributed by atoms with Crippen LogP contribution >= 0.6 is 0 Å². The molecule has 8 heteroatoms. The molecule has 0 saturated heterocycles. The first-order valence-electron chi connectivity index (χ1n) is 7.63. The Kier molecular flexibility index (Phi) is 7.57. The smallest absolute Gasteiger partial charge is 0.230 e. The second-order valence-electron chi connectivity index (χ2n) is 5.49. The van der Waals surface area contributed by atoms with Crippen LogP contribution in [-0.4, -0.2) is 25.2 Å². The number of aromatic nitrogens is 1. The monoisotopic (exact) mass is 428 g/mol. The Balaban J connectivity index is 0.00000312. The number of benzene rings is 1. The number of aryl methyl sites for hydroxylation is 2.